The number of ether oxygens (including phenoxy) is 1. The zero-order valence-electron chi connectivity index (χ0n) is 43.9. The van der Waals surface area contributed by atoms with Crippen molar-refractivity contribution in [3.63, 3.8) is 0 Å². The highest BCUT2D eigenvalue weighted by atomic mass is 31.2. The van der Waals surface area contributed by atoms with Crippen molar-refractivity contribution in [1.29, 1.82) is 0 Å². The summed E-state index contributed by atoms with van der Waals surface area (Å²) in [5.74, 6) is -0.524. The molecule has 2 N–H and O–H groups in total. The third-order valence-electron chi connectivity index (χ3n) is 12.1. The van der Waals surface area contributed by atoms with Gasteiger partial charge in [-0.3, -0.25) is 18.6 Å². The Hall–Kier alpha value is -2.03. The van der Waals surface area contributed by atoms with E-state index in [2.05, 4.69) is 62.5 Å². The SMILES string of the molecule is CC/C=C/C=C/C=C\CCCCCCCC(=O)NC(COP(=O)(O)OCC[N+](C)(C)C)C(/C=C/CCCCCCCCCCCC)OC(=O)CCCCCCCCCCCCCCCCC. The zero-order chi connectivity index (χ0) is 48.7. The largest absolute Gasteiger partial charge is 0.472 e. The number of allylic oxidation sites excluding steroid dienone is 7. The summed E-state index contributed by atoms with van der Waals surface area (Å²) < 4.78 is 30.5. The predicted octanol–water partition coefficient (Wildman–Crippen LogP) is 16.2. The lowest BCUT2D eigenvalue weighted by molar-refractivity contribution is -0.870. The Morgan fingerprint density at radius 1 is 0.545 bits per heavy atom. The van der Waals surface area contributed by atoms with Gasteiger partial charge in [0.1, 0.15) is 19.3 Å². The lowest BCUT2D eigenvalue weighted by Gasteiger charge is -2.27. The first-order valence-corrected chi connectivity index (χ1v) is 29.0. The molecule has 386 valence electrons. The van der Waals surface area contributed by atoms with Gasteiger partial charge in [-0.05, 0) is 51.0 Å². The normalized spacial score (nSPS) is 14.2. The summed E-state index contributed by atoms with van der Waals surface area (Å²) in [6.07, 6.45) is 55.3. The second-order valence-corrected chi connectivity index (χ2v) is 21.2. The van der Waals surface area contributed by atoms with Crippen LogP contribution in [-0.2, 0) is 27.9 Å². The first kappa shape index (κ1) is 64.0. The van der Waals surface area contributed by atoms with Crippen LogP contribution in [0.3, 0.4) is 0 Å². The molecule has 0 aliphatic rings. The van der Waals surface area contributed by atoms with Gasteiger partial charge in [0.05, 0.1) is 33.8 Å². The summed E-state index contributed by atoms with van der Waals surface area (Å²) in [4.78, 5) is 37.5. The highest BCUT2D eigenvalue weighted by Crippen LogP contribution is 2.43. The fraction of sp³-hybridized carbons (Fsp3) is 0.821. The number of rotatable bonds is 49. The van der Waals surface area contributed by atoms with E-state index in [0.717, 1.165) is 83.5 Å². The van der Waals surface area contributed by atoms with E-state index in [0.29, 0.717) is 17.4 Å². The topological polar surface area (TPSA) is 111 Å². The number of hydrogen-bond donors (Lipinski definition) is 2. The van der Waals surface area contributed by atoms with Crippen molar-refractivity contribution >= 4 is 19.7 Å². The summed E-state index contributed by atoms with van der Waals surface area (Å²) in [6.45, 7) is 6.86. The van der Waals surface area contributed by atoms with E-state index in [1.165, 1.54) is 128 Å². The highest BCUT2D eigenvalue weighted by Gasteiger charge is 2.30. The van der Waals surface area contributed by atoms with Crippen LogP contribution in [0.5, 0.6) is 0 Å². The number of unbranched alkanes of at least 4 members (excludes halogenated alkanes) is 29. The Kier molecular flexibility index (Phi) is 45.3. The van der Waals surface area contributed by atoms with E-state index >= 15 is 0 Å². The van der Waals surface area contributed by atoms with Crippen molar-refractivity contribution in [2.24, 2.45) is 0 Å². The van der Waals surface area contributed by atoms with E-state index in [1.54, 1.807) is 0 Å². The lowest BCUT2D eigenvalue weighted by atomic mass is 10.0. The molecule has 3 atom stereocenters. The minimum absolute atomic E-state index is 0.0364. The van der Waals surface area contributed by atoms with E-state index in [9.17, 15) is 19.0 Å². The van der Waals surface area contributed by atoms with E-state index in [1.807, 2.05) is 33.3 Å². The average Bonchev–Trinajstić information content (AvgIpc) is 3.27. The number of amides is 1. The molecule has 0 bridgehead atoms. The Labute approximate surface area is 408 Å². The van der Waals surface area contributed by atoms with Gasteiger partial charge in [0.15, 0.2) is 0 Å². The molecule has 0 saturated carbocycles. The summed E-state index contributed by atoms with van der Waals surface area (Å²) in [7, 11) is 1.48. The molecule has 0 aromatic heterocycles. The molecular weight excluding hydrogens is 844 g/mol. The number of hydrogen-bond acceptors (Lipinski definition) is 6. The van der Waals surface area contributed by atoms with E-state index in [4.69, 9.17) is 13.8 Å². The van der Waals surface area contributed by atoms with Gasteiger partial charge < -0.3 is 19.4 Å². The van der Waals surface area contributed by atoms with Crippen LogP contribution >= 0.6 is 7.82 Å². The maximum Gasteiger partial charge on any atom is 0.472 e. The van der Waals surface area contributed by atoms with Crippen molar-refractivity contribution in [3.8, 4) is 0 Å². The summed E-state index contributed by atoms with van der Waals surface area (Å²) >= 11 is 0. The van der Waals surface area contributed by atoms with Crippen molar-refractivity contribution in [3.05, 3.63) is 48.6 Å². The molecule has 0 aromatic carbocycles. The molecule has 0 fully saturated rings. The van der Waals surface area contributed by atoms with Gasteiger partial charge in [0.25, 0.3) is 0 Å². The Balaban J connectivity index is 5.40. The summed E-state index contributed by atoms with van der Waals surface area (Å²) in [5, 5.41) is 3.03. The Morgan fingerprint density at radius 2 is 0.970 bits per heavy atom. The first-order chi connectivity index (χ1) is 31.9. The highest BCUT2D eigenvalue weighted by molar-refractivity contribution is 7.47. The number of carbonyl (C=O) groups excluding carboxylic acids is 2. The van der Waals surface area contributed by atoms with Crippen LogP contribution in [0, 0.1) is 0 Å². The molecule has 0 saturated heterocycles. The van der Waals surface area contributed by atoms with Gasteiger partial charge in [-0.2, -0.15) is 0 Å². The quantitative estimate of drug-likeness (QED) is 0.0156. The van der Waals surface area contributed by atoms with Gasteiger partial charge >= 0.3 is 13.8 Å². The molecule has 9 nitrogen and oxygen atoms in total. The first-order valence-electron chi connectivity index (χ1n) is 27.5. The maximum atomic E-state index is 13.4. The lowest BCUT2D eigenvalue weighted by Crippen LogP contribution is -2.47. The number of carbonyl (C=O) groups is 2. The Morgan fingerprint density at radius 3 is 1.44 bits per heavy atom. The molecule has 0 aromatic rings. The molecule has 0 heterocycles. The number of esters is 1. The molecule has 66 heavy (non-hydrogen) atoms. The second kappa shape index (κ2) is 46.7. The molecule has 0 rings (SSSR count). The number of quaternary nitrogens is 1. The van der Waals surface area contributed by atoms with Crippen LogP contribution in [0.4, 0.5) is 0 Å². The molecule has 10 heteroatoms. The van der Waals surface area contributed by atoms with Crippen molar-refractivity contribution in [1.82, 2.24) is 5.32 Å². The van der Waals surface area contributed by atoms with Crippen LogP contribution < -0.4 is 5.32 Å². The van der Waals surface area contributed by atoms with Crippen LogP contribution in [0.15, 0.2) is 48.6 Å². The molecule has 0 aliphatic carbocycles. The minimum atomic E-state index is -4.44. The molecule has 0 radical (unpaired) electrons. The maximum absolute atomic E-state index is 13.4. The zero-order valence-corrected chi connectivity index (χ0v) is 44.8. The fourth-order valence-corrected chi connectivity index (χ4v) is 8.56. The van der Waals surface area contributed by atoms with Crippen molar-refractivity contribution < 1.29 is 37.3 Å². The standard InChI is InChI=1S/C56H105N2O7P/c1-7-10-13-16-19-22-25-28-29-31-34-37-40-43-46-49-56(60)65-54(47-44-41-38-35-32-27-24-21-18-15-12-9-3)53(52-64-66(61,62)63-51-50-58(4,5)6)57-55(59)48-45-42-39-36-33-30-26-23-20-17-14-11-8-2/h11,14,17,20,23,26,44,47,53-54H,7-10,12-13,15-16,18-19,21-22,24-25,27-43,45-46,48-52H2,1-6H3,(H-,57,59,61,62)/p+1/b14-11+,20-17+,26-23-,47-44+. The van der Waals surface area contributed by atoms with Crippen LogP contribution in [0.1, 0.15) is 245 Å². The number of phosphoric acid groups is 1. The van der Waals surface area contributed by atoms with Gasteiger partial charge in [-0.15, -0.1) is 0 Å². The number of phosphoric ester groups is 1. The third kappa shape index (κ3) is 47.1. The number of nitrogens with zero attached hydrogens (tertiary/aromatic N) is 1. The molecule has 0 aliphatic heterocycles. The smallest absolute Gasteiger partial charge is 0.456 e. The summed E-state index contributed by atoms with van der Waals surface area (Å²) in [6, 6.07) is -0.854. The van der Waals surface area contributed by atoms with Crippen molar-refractivity contribution in [2.45, 2.75) is 258 Å². The van der Waals surface area contributed by atoms with Crippen LogP contribution in [-0.4, -0.2) is 74.3 Å². The number of nitrogens with one attached hydrogen (secondary N) is 1. The van der Waals surface area contributed by atoms with Gasteiger partial charge in [0.2, 0.25) is 5.91 Å². The second-order valence-electron chi connectivity index (χ2n) is 19.8. The molecule has 1 amide bonds. The molecular formula is C56H106N2O7P+. The van der Waals surface area contributed by atoms with Gasteiger partial charge in [-0.25, -0.2) is 4.57 Å². The van der Waals surface area contributed by atoms with Gasteiger partial charge in [-0.1, -0.05) is 230 Å². The number of likely N-dealkylation sites (N-methyl/N-ethyl adjacent to an activating group) is 1. The third-order valence-corrected chi connectivity index (χ3v) is 13.1. The monoisotopic (exact) mass is 950 g/mol. The van der Waals surface area contributed by atoms with Crippen LogP contribution in [0.25, 0.3) is 0 Å². The average molecular weight is 950 g/mol. The van der Waals surface area contributed by atoms with Crippen LogP contribution in [0.2, 0.25) is 0 Å². The molecule has 3 unspecified atom stereocenters. The van der Waals surface area contributed by atoms with Gasteiger partial charge in [0, 0.05) is 12.8 Å². The molecule has 0 spiro atoms. The predicted molar refractivity (Wildman–Crippen MR) is 282 cm³/mol. The minimum Gasteiger partial charge on any atom is -0.456 e. The summed E-state index contributed by atoms with van der Waals surface area (Å²) in [5.41, 5.74) is 0. The Bertz CT molecular complexity index is 1280. The van der Waals surface area contributed by atoms with E-state index < -0.39 is 20.0 Å². The van der Waals surface area contributed by atoms with E-state index in [-0.39, 0.29) is 31.5 Å². The fourth-order valence-electron chi connectivity index (χ4n) is 7.82. The van der Waals surface area contributed by atoms with Crippen molar-refractivity contribution in [2.75, 3.05) is 40.9 Å².